The van der Waals surface area contributed by atoms with Crippen LogP contribution in [0, 0.1) is 0 Å². The highest BCUT2D eigenvalue weighted by molar-refractivity contribution is 5.08. The van der Waals surface area contributed by atoms with Crippen molar-refractivity contribution in [3.8, 4) is 0 Å². The van der Waals surface area contributed by atoms with Gasteiger partial charge in [-0.05, 0) is 40.0 Å². The van der Waals surface area contributed by atoms with Crippen LogP contribution in [-0.4, -0.2) is 42.1 Å². The average Bonchev–Trinajstić information content (AvgIpc) is 2.67. The Hall–Kier alpha value is -0.870. The lowest BCUT2D eigenvalue weighted by Crippen LogP contribution is -2.26. The maximum absolute atomic E-state index is 4.41. The fraction of sp³-hybridized carbons (Fsp3) is 0.727. The van der Waals surface area contributed by atoms with E-state index in [1.54, 1.807) is 0 Å². The molecule has 2 heterocycles. The summed E-state index contributed by atoms with van der Waals surface area (Å²) in [6.07, 6.45) is 4.46. The van der Waals surface area contributed by atoms with E-state index < -0.39 is 0 Å². The van der Waals surface area contributed by atoms with Crippen LogP contribution in [0.3, 0.4) is 0 Å². The zero-order chi connectivity index (χ0) is 10.7. The van der Waals surface area contributed by atoms with Crippen LogP contribution < -0.4 is 5.32 Å². The van der Waals surface area contributed by atoms with Gasteiger partial charge in [0.15, 0.2) is 0 Å². The van der Waals surface area contributed by atoms with Crippen LogP contribution in [-0.2, 0) is 6.54 Å². The highest BCUT2D eigenvalue weighted by Crippen LogP contribution is 2.23. The van der Waals surface area contributed by atoms with Gasteiger partial charge in [-0.3, -0.25) is 0 Å². The first kappa shape index (κ1) is 10.6. The molecule has 0 spiro atoms. The van der Waals surface area contributed by atoms with Gasteiger partial charge in [-0.25, -0.2) is 4.98 Å². The SMILES string of the molecule is CN(C)Cc1ncc(C2CCNCC2)[nH]1. The second-order valence-electron chi connectivity index (χ2n) is 4.55. The van der Waals surface area contributed by atoms with E-state index in [1.807, 2.05) is 6.20 Å². The van der Waals surface area contributed by atoms with Gasteiger partial charge in [-0.15, -0.1) is 0 Å². The Labute approximate surface area is 91.1 Å². The van der Waals surface area contributed by atoms with Crippen LogP contribution in [0.5, 0.6) is 0 Å². The molecule has 0 unspecified atom stereocenters. The Kier molecular flexibility index (Phi) is 3.38. The largest absolute Gasteiger partial charge is 0.345 e. The summed E-state index contributed by atoms with van der Waals surface area (Å²) in [4.78, 5) is 9.98. The molecule has 0 atom stereocenters. The molecule has 0 aromatic carbocycles. The summed E-state index contributed by atoms with van der Waals surface area (Å²) in [7, 11) is 4.12. The van der Waals surface area contributed by atoms with Crippen molar-refractivity contribution in [3.63, 3.8) is 0 Å². The summed E-state index contributed by atoms with van der Waals surface area (Å²) in [5.41, 5.74) is 1.31. The monoisotopic (exact) mass is 208 g/mol. The van der Waals surface area contributed by atoms with Crippen molar-refractivity contribution in [2.75, 3.05) is 27.2 Å². The Morgan fingerprint density at radius 3 is 2.80 bits per heavy atom. The van der Waals surface area contributed by atoms with Crippen molar-refractivity contribution in [2.24, 2.45) is 0 Å². The summed E-state index contributed by atoms with van der Waals surface area (Å²) in [5.74, 6) is 1.75. The van der Waals surface area contributed by atoms with E-state index >= 15 is 0 Å². The van der Waals surface area contributed by atoms with Crippen LogP contribution >= 0.6 is 0 Å². The molecule has 15 heavy (non-hydrogen) atoms. The minimum Gasteiger partial charge on any atom is -0.345 e. The van der Waals surface area contributed by atoms with Gasteiger partial charge < -0.3 is 15.2 Å². The van der Waals surface area contributed by atoms with Gasteiger partial charge in [0.05, 0.1) is 6.54 Å². The van der Waals surface area contributed by atoms with Crippen LogP contribution in [0.1, 0.15) is 30.3 Å². The zero-order valence-corrected chi connectivity index (χ0v) is 9.58. The first-order chi connectivity index (χ1) is 7.25. The molecule has 0 bridgehead atoms. The molecule has 1 aliphatic rings. The summed E-state index contributed by atoms with van der Waals surface area (Å²) in [6.45, 7) is 3.16. The van der Waals surface area contributed by atoms with Crippen molar-refractivity contribution in [3.05, 3.63) is 17.7 Å². The third kappa shape index (κ3) is 2.79. The van der Waals surface area contributed by atoms with Gasteiger partial charge in [0, 0.05) is 17.8 Å². The summed E-state index contributed by atoms with van der Waals surface area (Å²) in [5, 5.41) is 3.38. The Bertz CT molecular complexity index is 299. The van der Waals surface area contributed by atoms with Gasteiger partial charge in [-0.1, -0.05) is 0 Å². The number of hydrogen-bond donors (Lipinski definition) is 2. The maximum Gasteiger partial charge on any atom is 0.120 e. The fourth-order valence-electron chi connectivity index (χ4n) is 2.10. The van der Waals surface area contributed by atoms with Crippen molar-refractivity contribution in [2.45, 2.75) is 25.3 Å². The molecule has 4 heteroatoms. The molecule has 1 saturated heterocycles. The first-order valence-electron chi connectivity index (χ1n) is 5.65. The van der Waals surface area contributed by atoms with Crippen molar-refractivity contribution < 1.29 is 0 Å². The van der Waals surface area contributed by atoms with Gasteiger partial charge in [0.2, 0.25) is 0 Å². The molecule has 0 saturated carbocycles. The third-order valence-corrected chi connectivity index (χ3v) is 2.89. The lowest BCUT2D eigenvalue weighted by molar-refractivity contribution is 0.390. The van der Waals surface area contributed by atoms with Crippen molar-refractivity contribution >= 4 is 0 Å². The molecule has 0 aliphatic carbocycles. The number of aromatic amines is 1. The van der Waals surface area contributed by atoms with E-state index in [2.05, 4.69) is 34.3 Å². The second-order valence-corrected chi connectivity index (χ2v) is 4.55. The van der Waals surface area contributed by atoms with Crippen molar-refractivity contribution in [1.82, 2.24) is 20.2 Å². The molecule has 0 amide bonds. The minimum absolute atomic E-state index is 0.676. The highest BCUT2D eigenvalue weighted by Gasteiger charge is 2.17. The number of nitrogens with one attached hydrogen (secondary N) is 2. The zero-order valence-electron chi connectivity index (χ0n) is 9.58. The number of imidazole rings is 1. The third-order valence-electron chi connectivity index (χ3n) is 2.89. The average molecular weight is 208 g/mol. The predicted molar refractivity (Wildman–Crippen MR) is 60.8 cm³/mol. The number of rotatable bonds is 3. The first-order valence-corrected chi connectivity index (χ1v) is 5.65. The molecular formula is C11H20N4. The van der Waals surface area contributed by atoms with E-state index in [9.17, 15) is 0 Å². The molecule has 1 fully saturated rings. The Balaban J connectivity index is 1.99. The summed E-state index contributed by atoms with van der Waals surface area (Å²) < 4.78 is 0. The number of nitrogens with zero attached hydrogens (tertiary/aromatic N) is 2. The maximum atomic E-state index is 4.41. The minimum atomic E-state index is 0.676. The van der Waals surface area contributed by atoms with E-state index in [0.29, 0.717) is 5.92 Å². The van der Waals surface area contributed by atoms with E-state index in [-0.39, 0.29) is 0 Å². The highest BCUT2D eigenvalue weighted by atomic mass is 15.1. The molecule has 0 radical (unpaired) electrons. The quantitative estimate of drug-likeness (QED) is 0.777. The molecule has 1 aromatic rings. The normalized spacial score (nSPS) is 18.6. The topological polar surface area (TPSA) is 44.0 Å². The summed E-state index contributed by atoms with van der Waals surface area (Å²) in [6, 6.07) is 0. The van der Waals surface area contributed by atoms with E-state index in [1.165, 1.54) is 18.5 Å². The van der Waals surface area contributed by atoms with E-state index in [0.717, 1.165) is 25.5 Å². The number of piperidine rings is 1. The number of aromatic nitrogens is 2. The molecule has 2 N–H and O–H groups in total. The van der Waals surface area contributed by atoms with Crippen molar-refractivity contribution in [1.29, 1.82) is 0 Å². The summed E-state index contributed by atoms with van der Waals surface area (Å²) >= 11 is 0. The molecule has 1 aliphatic heterocycles. The smallest absolute Gasteiger partial charge is 0.120 e. The Morgan fingerprint density at radius 1 is 1.40 bits per heavy atom. The fourth-order valence-corrected chi connectivity index (χ4v) is 2.10. The van der Waals surface area contributed by atoms with Gasteiger partial charge in [0.25, 0.3) is 0 Å². The van der Waals surface area contributed by atoms with E-state index in [4.69, 9.17) is 0 Å². The van der Waals surface area contributed by atoms with Crippen LogP contribution in [0.2, 0.25) is 0 Å². The standard InChI is InChI=1S/C11H20N4/c1-15(2)8-11-13-7-10(14-11)9-3-5-12-6-4-9/h7,9,12H,3-6,8H2,1-2H3,(H,13,14). The lowest BCUT2D eigenvalue weighted by atomic mass is 9.95. The molecule has 84 valence electrons. The molecule has 1 aromatic heterocycles. The second kappa shape index (κ2) is 4.77. The lowest BCUT2D eigenvalue weighted by Gasteiger charge is -2.21. The molecule has 4 nitrogen and oxygen atoms in total. The van der Waals surface area contributed by atoms with Gasteiger partial charge in [-0.2, -0.15) is 0 Å². The van der Waals surface area contributed by atoms with Gasteiger partial charge >= 0.3 is 0 Å². The van der Waals surface area contributed by atoms with Crippen LogP contribution in [0.25, 0.3) is 0 Å². The predicted octanol–water partition coefficient (Wildman–Crippen LogP) is 0.938. The number of H-pyrrole nitrogens is 1. The van der Waals surface area contributed by atoms with Crippen LogP contribution in [0.15, 0.2) is 6.20 Å². The van der Waals surface area contributed by atoms with Crippen LogP contribution in [0.4, 0.5) is 0 Å². The van der Waals surface area contributed by atoms with Gasteiger partial charge in [0.1, 0.15) is 5.82 Å². The molecule has 2 rings (SSSR count). The Morgan fingerprint density at radius 2 is 2.13 bits per heavy atom. The molecular weight excluding hydrogens is 188 g/mol. The number of hydrogen-bond acceptors (Lipinski definition) is 3.